The molecule has 0 unspecified atom stereocenters. The number of sulfonamides is 1. The molecule has 0 fully saturated rings. The summed E-state index contributed by atoms with van der Waals surface area (Å²) in [4.78, 5) is 14.0. The Morgan fingerprint density at radius 2 is 1.50 bits per heavy atom. The summed E-state index contributed by atoms with van der Waals surface area (Å²) in [7, 11) is -3.91. The number of carbonyl (C=O) groups excluding carboxylic acids is 1. The highest BCUT2D eigenvalue weighted by atomic mass is 32.2. The summed E-state index contributed by atoms with van der Waals surface area (Å²) in [5.41, 5.74) is 3.32. The van der Waals surface area contributed by atoms with Crippen LogP contribution in [0.5, 0.6) is 0 Å². The minimum Gasteiger partial charge on any atom is -0.354 e. The number of aryl methyl sites for hydroxylation is 3. The maximum Gasteiger partial charge on any atom is 0.264 e. The summed E-state index contributed by atoms with van der Waals surface area (Å²) in [5, 5.41) is 2.85. The molecule has 32 heavy (non-hydrogen) atoms. The molecule has 0 saturated heterocycles. The van der Waals surface area contributed by atoms with Gasteiger partial charge in [-0.1, -0.05) is 42.0 Å². The fourth-order valence-electron chi connectivity index (χ4n) is 3.31. The van der Waals surface area contributed by atoms with Crippen molar-refractivity contribution < 1.29 is 13.2 Å². The monoisotopic (exact) mass is 468 g/mol. The Morgan fingerprint density at radius 1 is 0.875 bits per heavy atom. The number of amides is 1. The van der Waals surface area contributed by atoms with Crippen LogP contribution in [0.25, 0.3) is 0 Å². The number of benzene rings is 3. The van der Waals surface area contributed by atoms with Gasteiger partial charge < -0.3 is 5.32 Å². The van der Waals surface area contributed by atoms with E-state index in [0.717, 1.165) is 21.6 Å². The number of carbonyl (C=O) groups is 1. The van der Waals surface area contributed by atoms with Crippen molar-refractivity contribution in [3.8, 4) is 0 Å². The predicted octanol–water partition coefficient (Wildman–Crippen LogP) is 4.72. The number of anilines is 1. The van der Waals surface area contributed by atoms with E-state index in [1.807, 2.05) is 57.2 Å². The molecule has 168 valence electrons. The second-order valence-electron chi connectivity index (χ2n) is 7.68. The molecular formula is C25H28N2O3S2. The lowest BCUT2D eigenvalue weighted by atomic mass is 10.1. The van der Waals surface area contributed by atoms with Crippen molar-refractivity contribution in [2.75, 3.05) is 23.1 Å². The Labute approximate surface area is 194 Å². The van der Waals surface area contributed by atoms with Crippen LogP contribution in [0.1, 0.15) is 16.7 Å². The van der Waals surface area contributed by atoms with Crippen molar-refractivity contribution in [2.45, 2.75) is 30.6 Å². The highest BCUT2D eigenvalue weighted by Gasteiger charge is 2.27. The molecule has 0 aliphatic carbocycles. The van der Waals surface area contributed by atoms with Gasteiger partial charge in [-0.3, -0.25) is 9.10 Å². The first-order chi connectivity index (χ1) is 15.3. The van der Waals surface area contributed by atoms with Crippen LogP contribution in [0.15, 0.2) is 82.6 Å². The summed E-state index contributed by atoms with van der Waals surface area (Å²) in [6.07, 6.45) is 0. The zero-order chi connectivity index (χ0) is 23.1. The van der Waals surface area contributed by atoms with Gasteiger partial charge in [0.05, 0.1) is 10.6 Å². The summed E-state index contributed by atoms with van der Waals surface area (Å²) in [5.74, 6) is 0.359. The van der Waals surface area contributed by atoms with Gasteiger partial charge in [0.25, 0.3) is 10.0 Å². The molecule has 5 nitrogen and oxygen atoms in total. The van der Waals surface area contributed by atoms with Crippen LogP contribution >= 0.6 is 11.8 Å². The minimum atomic E-state index is -3.91. The first-order valence-electron chi connectivity index (χ1n) is 10.4. The molecule has 0 spiro atoms. The molecule has 0 aliphatic rings. The van der Waals surface area contributed by atoms with Crippen molar-refractivity contribution in [3.63, 3.8) is 0 Å². The van der Waals surface area contributed by atoms with E-state index in [1.165, 1.54) is 4.31 Å². The average Bonchev–Trinajstić information content (AvgIpc) is 2.75. The number of hydrogen-bond donors (Lipinski definition) is 1. The number of nitrogens with zero attached hydrogens (tertiary/aromatic N) is 1. The van der Waals surface area contributed by atoms with Crippen LogP contribution < -0.4 is 9.62 Å². The van der Waals surface area contributed by atoms with Crippen molar-refractivity contribution >= 4 is 33.4 Å². The van der Waals surface area contributed by atoms with Crippen LogP contribution in [-0.2, 0) is 14.8 Å². The molecule has 0 atom stereocenters. The van der Waals surface area contributed by atoms with E-state index >= 15 is 0 Å². The van der Waals surface area contributed by atoms with Crippen molar-refractivity contribution in [1.82, 2.24) is 5.32 Å². The summed E-state index contributed by atoms with van der Waals surface area (Å²) >= 11 is 1.64. The van der Waals surface area contributed by atoms with Gasteiger partial charge in [-0.05, 0) is 68.3 Å². The Kier molecular flexibility index (Phi) is 7.99. The predicted molar refractivity (Wildman–Crippen MR) is 132 cm³/mol. The van der Waals surface area contributed by atoms with Gasteiger partial charge in [0.1, 0.15) is 6.54 Å². The molecular weight excluding hydrogens is 440 g/mol. The zero-order valence-electron chi connectivity index (χ0n) is 18.5. The van der Waals surface area contributed by atoms with Gasteiger partial charge >= 0.3 is 0 Å². The van der Waals surface area contributed by atoms with Gasteiger partial charge in [0, 0.05) is 17.2 Å². The van der Waals surface area contributed by atoms with Gasteiger partial charge in [0.15, 0.2) is 0 Å². The van der Waals surface area contributed by atoms with Crippen molar-refractivity contribution in [1.29, 1.82) is 0 Å². The summed E-state index contributed by atoms with van der Waals surface area (Å²) < 4.78 is 28.1. The van der Waals surface area contributed by atoms with E-state index in [0.29, 0.717) is 18.0 Å². The largest absolute Gasteiger partial charge is 0.354 e. The normalized spacial score (nSPS) is 11.2. The van der Waals surface area contributed by atoms with Crippen LogP contribution in [0.3, 0.4) is 0 Å². The smallest absolute Gasteiger partial charge is 0.264 e. The summed E-state index contributed by atoms with van der Waals surface area (Å²) in [6.45, 7) is 5.89. The fraction of sp³-hybridized carbons (Fsp3) is 0.240. The molecule has 3 rings (SSSR count). The molecule has 3 aromatic carbocycles. The maximum absolute atomic E-state index is 13.5. The molecule has 0 aliphatic heterocycles. The standard InChI is InChI=1S/C25H28N2O3S2/c1-19-9-11-24(12-10-19)32(29,30)27(22-16-20(2)15-21(3)17-22)18-25(28)26-13-14-31-23-7-5-4-6-8-23/h4-12,15-17H,13-14,18H2,1-3H3,(H,26,28). The molecule has 0 aromatic heterocycles. The zero-order valence-corrected chi connectivity index (χ0v) is 20.2. The third kappa shape index (κ3) is 6.37. The molecule has 0 heterocycles. The van der Waals surface area contributed by atoms with Gasteiger partial charge in [-0.15, -0.1) is 11.8 Å². The number of nitrogens with one attached hydrogen (secondary N) is 1. The van der Waals surface area contributed by atoms with Gasteiger partial charge in [0.2, 0.25) is 5.91 Å². The first-order valence-corrected chi connectivity index (χ1v) is 12.8. The van der Waals surface area contributed by atoms with E-state index < -0.39 is 10.0 Å². The van der Waals surface area contributed by atoms with Crippen LogP contribution in [0, 0.1) is 20.8 Å². The number of hydrogen-bond acceptors (Lipinski definition) is 4. The van der Waals surface area contributed by atoms with Gasteiger partial charge in [-0.2, -0.15) is 0 Å². The Hall–Kier alpha value is -2.77. The van der Waals surface area contributed by atoms with E-state index in [-0.39, 0.29) is 17.3 Å². The summed E-state index contributed by atoms with van der Waals surface area (Å²) in [6, 6.07) is 22.2. The molecule has 0 radical (unpaired) electrons. The van der Waals surface area contributed by atoms with Crippen LogP contribution in [0.2, 0.25) is 0 Å². The highest BCUT2D eigenvalue weighted by molar-refractivity contribution is 7.99. The van der Waals surface area contributed by atoms with E-state index in [4.69, 9.17) is 0 Å². The van der Waals surface area contributed by atoms with Crippen molar-refractivity contribution in [2.24, 2.45) is 0 Å². The third-order valence-corrected chi connectivity index (χ3v) is 7.63. The molecule has 7 heteroatoms. The minimum absolute atomic E-state index is 0.162. The second-order valence-corrected chi connectivity index (χ2v) is 10.7. The SMILES string of the molecule is Cc1ccc(S(=O)(=O)N(CC(=O)NCCSc2ccccc2)c2cc(C)cc(C)c2)cc1. The van der Waals surface area contributed by atoms with Crippen LogP contribution in [-0.4, -0.2) is 33.2 Å². The van der Waals surface area contributed by atoms with Crippen LogP contribution in [0.4, 0.5) is 5.69 Å². The first kappa shape index (κ1) is 23.9. The highest BCUT2D eigenvalue weighted by Crippen LogP contribution is 2.26. The molecule has 1 N–H and O–H groups in total. The fourth-order valence-corrected chi connectivity index (χ4v) is 5.50. The quantitative estimate of drug-likeness (QED) is 0.365. The Bertz CT molecular complexity index is 1140. The molecule has 1 amide bonds. The van der Waals surface area contributed by atoms with Crippen molar-refractivity contribution in [3.05, 3.63) is 89.5 Å². The lowest BCUT2D eigenvalue weighted by molar-refractivity contribution is -0.119. The third-order valence-electron chi connectivity index (χ3n) is 4.83. The molecule has 0 bridgehead atoms. The second kappa shape index (κ2) is 10.7. The van der Waals surface area contributed by atoms with Gasteiger partial charge in [-0.25, -0.2) is 8.42 Å². The van der Waals surface area contributed by atoms with E-state index in [9.17, 15) is 13.2 Å². The van der Waals surface area contributed by atoms with E-state index in [2.05, 4.69) is 5.32 Å². The average molecular weight is 469 g/mol. The lowest BCUT2D eigenvalue weighted by Gasteiger charge is -2.25. The topological polar surface area (TPSA) is 66.5 Å². The van der Waals surface area contributed by atoms with E-state index in [1.54, 1.807) is 48.2 Å². The number of thioether (sulfide) groups is 1. The maximum atomic E-state index is 13.5. The Balaban J connectivity index is 1.76. The Morgan fingerprint density at radius 3 is 2.12 bits per heavy atom. The molecule has 0 saturated carbocycles. The lowest BCUT2D eigenvalue weighted by Crippen LogP contribution is -2.41. The number of rotatable bonds is 9. The molecule has 3 aromatic rings.